The number of nitrogens with zero attached hydrogens (tertiary/aromatic N) is 10. The van der Waals surface area contributed by atoms with Gasteiger partial charge >= 0.3 is 0 Å². The molecule has 0 spiro atoms. The molecular weight excluding hydrogens is 1290 g/mol. The van der Waals surface area contributed by atoms with Crippen molar-refractivity contribution in [1.29, 1.82) is 0 Å². The van der Waals surface area contributed by atoms with Gasteiger partial charge in [-0.05, 0) is 125 Å². The fourth-order valence-electron chi connectivity index (χ4n) is 16.1. The summed E-state index contributed by atoms with van der Waals surface area (Å²) in [5.74, 6) is 3.41. The predicted molar refractivity (Wildman–Crippen MR) is 437 cm³/mol. The summed E-state index contributed by atoms with van der Waals surface area (Å²) >= 11 is 0. The van der Waals surface area contributed by atoms with E-state index in [0.717, 1.165) is 100 Å². The van der Waals surface area contributed by atoms with Gasteiger partial charge in [-0.25, -0.2) is 29.9 Å². The van der Waals surface area contributed by atoms with E-state index in [4.69, 9.17) is 29.9 Å². The molecule has 7 aromatic heterocycles. The Kier molecular flexibility index (Phi) is 14.0. The standard InChI is InChI=1S/C49H31N5.C47H29N5/c1-4-16-33(17-5-1)47-50-48(34-18-6-2-7-19-34)52-49(51-47)35-20-14-23-37(29-35)54-42-26-13-12-25-39(42)40-30-41-45(31-44(40)54)53(36-21-8-3-9-22-36)43-28-27-32-15-10-11-24-38(32)46(41)43;1-3-14-31(15-4-1)46-36-20-9-11-21-39(36)49-47(50-46)32-24-26-44(48-29-32)52-40-22-12-10-19-35(40)37-27-38-43(28-42(37)52)51(33-16-5-2-6-17-33)41-25-23-30-13-7-8-18-34(30)45(38)41/h1-31H;1-29H. The van der Waals surface area contributed by atoms with Gasteiger partial charge in [-0.3, -0.25) is 4.57 Å². The lowest BCUT2D eigenvalue weighted by molar-refractivity contribution is 1.07. The summed E-state index contributed by atoms with van der Waals surface area (Å²) in [6.45, 7) is 0. The highest BCUT2D eigenvalue weighted by atomic mass is 15.1. The molecule has 0 aliphatic carbocycles. The minimum Gasteiger partial charge on any atom is -0.309 e. The third-order valence-electron chi connectivity index (χ3n) is 20.9. The van der Waals surface area contributed by atoms with Gasteiger partial charge in [0.1, 0.15) is 5.82 Å². The number of para-hydroxylation sites is 5. The molecule has 0 fully saturated rings. The molecule has 0 saturated heterocycles. The second-order valence-corrected chi connectivity index (χ2v) is 27.0. The maximum atomic E-state index is 5.10. The molecule has 0 radical (unpaired) electrons. The zero-order chi connectivity index (χ0) is 69.8. The van der Waals surface area contributed by atoms with E-state index in [1.54, 1.807) is 0 Å². The summed E-state index contributed by atoms with van der Waals surface area (Å²) in [5, 5.41) is 15.8. The number of aromatic nitrogens is 10. The van der Waals surface area contributed by atoms with Crippen molar-refractivity contribution in [2.24, 2.45) is 0 Å². The fourth-order valence-corrected chi connectivity index (χ4v) is 16.1. The summed E-state index contributed by atoms with van der Waals surface area (Å²) < 4.78 is 9.48. The number of hydrogen-bond donors (Lipinski definition) is 0. The summed E-state index contributed by atoms with van der Waals surface area (Å²) in [5.41, 5.74) is 19.1. The van der Waals surface area contributed by atoms with Crippen LogP contribution in [0.1, 0.15) is 0 Å². The summed E-state index contributed by atoms with van der Waals surface area (Å²) in [6, 6.07) is 126. The van der Waals surface area contributed by atoms with Gasteiger partial charge in [0.05, 0.1) is 55.3 Å². The first-order valence-electron chi connectivity index (χ1n) is 35.7. The van der Waals surface area contributed by atoms with Crippen LogP contribution in [0.3, 0.4) is 0 Å². The first kappa shape index (κ1) is 60.3. The van der Waals surface area contributed by atoms with Gasteiger partial charge in [-0.2, -0.15) is 0 Å². The van der Waals surface area contributed by atoms with E-state index in [-0.39, 0.29) is 0 Å². The zero-order valence-electron chi connectivity index (χ0n) is 57.1. The molecule has 22 rings (SSSR count). The zero-order valence-corrected chi connectivity index (χ0v) is 57.1. The van der Waals surface area contributed by atoms with Crippen molar-refractivity contribution in [3.63, 3.8) is 0 Å². The van der Waals surface area contributed by atoms with Crippen LogP contribution in [-0.4, -0.2) is 48.2 Å². The quantitative estimate of drug-likeness (QED) is 0.143. The molecule has 0 saturated carbocycles. The van der Waals surface area contributed by atoms with E-state index < -0.39 is 0 Å². The molecular formula is C96H60N10. The first-order valence-corrected chi connectivity index (χ1v) is 35.7. The molecule has 0 amide bonds. The van der Waals surface area contributed by atoms with Crippen molar-refractivity contribution in [1.82, 2.24) is 48.2 Å². The first-order chi connectivity index (χ1) is 52.6. The normalized spacial score (nSPS) is 11.8. The van der Waals surface area contributed by atoms with Crippen molar-refractivity contribution in [2.75, 3.05) is 0 Å². The van der Waals surface area contributed by atoms with Crippen LogP contribution in [0.15, 0.2) is 364 Å². The third-order valence-corrected chi connectivity index (χ3v) is 20.9. The SMILES string of the molecule is c1ccc(-c2nc(-c3ccc(-n4c5ccccc5c5cc6c7c8ccccc8ccc7n(-c7ccccc7)c6cc54)nc3)nc3ccccc23)cc1.c1ccc(-c2nc(-c3ccccc3)nc(-c3cccc(-n4c5ccccc5c5cc6c7c8ccccc8ccc7n(-c7ccccc7)c6cc54)c3)n2)cc1. The highest BCUT2D eigenvalue weighted by molar-refractivity contribution is 6.27. The van der Waals surface area contributed by atoms with Crippen LogP contribution >= 0.6 is 0 Å². The van der Waals surface area contributed by atoms with Crippen molar-refractivity contribution < 1.29 is 0 Å². The Labute approximate surface area is 608 Å². The van der Waals surface area contributed by atoms with Gasteiger partial charge in [0, 0.05) is 99.6 Å². The number of rotatable bonds is 9. The molecule has 7 heterocycles. The number of fused-ring (bicyclic) bond motifs is 17. The van der Waals surface area contributed by atoms with E-state index in [2.05, 4.69) is 279 Å². The Hall–Kier alpha value is -14.5. The van der Waals surface area contributed by atoms with Gasteiger partial charge in [0.25, 0.3) is 0 Å². The molecule has 10 nitrogen and oxygen atoms in total. The molecule has 10 heteroatoms. The van der Waals surface area contributed by atoms with Crippen molar-refractivity contribution in [3.05, 3.63) is 364 Å². The Morgan fingerprint density at radius 3 is 1.14 bits per heavy atom. The maximum absolute atomic E-state index is 5.10. The average molecular weight is 1350 g/mol. The second-order valence-electron chi connectivity index (χ2n) is 27.0. The van der Waals surface area contributed by atoms with Gasteiger partial charge in [0.15, 0.2) is 23.3 Å². The molecule has 15 aromatic carbocycles. The van der Waals surface area contributed by atoms with Crippen molar-refractivity contribution >= 4 is 120 Å². The fraction of sp³-hybridized carbons (Fsp3) is 0. The average Bonchev–Trinajstić information content (AvgIpc) is 1.53. The molecule has 106 heavy (non-hydrogen) atoms. The molecule has 494 valence electrons. The van der Waals surface area contributed by atoms with E-state index in [0.29, 0.717) is 23.3 Å². The van der Waals surface area contributed by atoms with Crippen LogP contribution < -0.4 is 0 Å². The van der Waals surface area contributed by atoms with Crippen LogP contribution in [0.4, 0.5) is 0 Å². The largest absolute Gasteiger partial charge is 0.309 e. The molecule has 0 bridgehead atoms. The third kappa shape index (κ3) is 9.88. The highest BCUT2D eigenvalue weighted by Crippen LogP contribution is 2.45. The predicted octanol–water partition coefficient (Wildman–Crippen LogP) is 23.9. The minimum atomic E-state index is 0.629. The Morgan fingerprint density at radius 2 is 0.604 bits per heavy atom. The van der Waals surface area contributed by atoms with Crippen LogP contribution in [0.5, 0.6) is 0 Å². The van der Waals surface area contributed by atoms with E-state index in [1.807, 2.05) is 103 Å². The van der Waals surface area contributed by atoms with E-state index in [1.165, 1.54) is 75.7 Å². The van der Waals surface area contributed by atoms with E-state index in [9.17, 15) is 0 Å². The number of pyridine rings is 1. The van der Waals surface area contributed by atoms with Crippen LogP contribution in [0.25, 0.3) is 199 Å². The summed E-state index contributed by atoms with van der Waals surface area (Å²) in [4.78, 5) is 30.2. The molecule has 22 aromatic rings. The molecule has 0 atom stereocenters. The number of hydrogen-bond acceptors (Lipinski definition) is 6. The Balaban J connectivity index is 0.000000136. The molecule has 0 aliphatic heterocycles. The topological polar surface area (TPSA) is 97.1 Å². The lowest BCUT2D eigenvalue weighted by Crippen LogP contribution is -2.01. The number of benzene rings is 15. The molecule has 0 aliphatic rings. The monoisotopic (exact) mass is 1350 g/mol. The van der Waals surface area contributed by atoms with Crippen LogP contribution in [-0.2, 0) is 0 Å². The summed E-state index contributed by atoms with van der Waals surface area (Å²) in [6.07, 6.45) is 1.90. The molecule has 0 N–H and O–H groups in total. The van der Waals surface area contributed by atoms with Gasteiger partial charge in [-0.1, -0.05) is 255 Å². The lowest BCUT2D eigenvalue weighted by atomic mass is 10.0. The highest BCUT2D eigenvalue weighted by Gasteiger charge is 2.24. The van der Waals surface area contributed by atoms with E-state index >= 15 is 0 Å². The lowest BCUT2D eigenvalue weighted by Gasteiger charge is -2.12. The smallest absolute Gasteiger partial charge is 0.164 e. The van der Waals surface area contributed by atoms with Crippen LogP contribution in [0, 0.1) is 0 Å². The van der Waals surface area contributed by atoms with Gasteiger partial charge < -0.3 is 13.7 Å². The maximum Gasteiger partial charge on any atom is 0.164 e. The minimum absolute atomic E-state index is 0.629. The Morgan fingerprint density at radius 1 is 0.198 bits per heavy atom. The van der Waals surface area contributed by atoms with Crippen LogP contribution in [0.2, 0.25) is 0 Å². The van der Waals surface area contributed by atoms with Gasteiger partial charge in [-0.15, -0.1) is 0 Å². The summed E-state index contributed by atoms with van der Waals surface area (Å²) in [7, 11) is 0. The van der Waals surface area contributed by atoms with Crippen molar-refractivity contribution in [2.45, 2.75) is 0 Å². The van der Waals surface area contributed by atoms with Crippen molar-refractivity contribution in [3.8, 4) is 79.7 Å². The second kappa shape index (κ2) is 24.7. The molecule has 0 unspecified atom stereocenters. The van der Waals surface area contributed by atoms with Gasteiger partial charge in [0.2, 0.25) is 0 Å². The Bertz CT molecular complexity index is 7170.